The molecule has 2 aliphatic rings. The van der Waals surface area contributed by atoms with Gasteiger partial charge in [-0.3, -0.25) is 4.98 Å². The van der Waals surface area contributed by atoms with Crippen LogP contribution in [0.15, 0.2) is 42.7 Å². The fraction of sp³-hybridized carbons (Fsp3) is 0.389. The third-order valence-corrected chi connectivity index (χ3v) is 4.67. The third kappa shape index (κ3) is 3.01. The summed E-state index contributed by atoms with van der Waals surface area (Å²) in [5.41, 5.74) is 1.10. The molecule has 2 fully saturated rings. The molecule has 0 amide bonds. The van der Waals surface area contributed by atoms with Crippen LogP contribution in [0.25, 0.3) is 0 Å². The molecular weight excluding hydrogens is 293 g/mol. The second-order valence-electron chi connectivity index (χ2n) is 6.56. The van der Waals surface area contributed by atoms with Crippen LogP contribution in [0.4, 0.5) is 10.1 Å². The van der Waals surface area contributed by atoms with Crippen LogP contribution in [-0.4, -0.2) is 42.6 Å². The Morgan fingerprint density at radius 1 is 1.09 bits per heavy atom. The number of nitrogens with zero attached hydrogens (tertiary/aromatic N) is 3. The predicted octanol–water partition coefficient (Wildman–Crippen LogP) is 3.15. The van der Waals surface area contributed by atoms with Gasteiger partial charge in [0.2, 0.25) is 0 Å². The lowest BCUT2D eigenvalue weighted by Gasteiger charge is -2.30. The van der Waals surface area contributed by atoms with Crippen LogP contribution in [0.1, 0.15) is 6.42 Å². The van der Waals surface area contributed by atoms with E-state index in [0.717, 1.165) is 24.7 Å². The summed E-state index contributed by atoms with van der Waals surface area (Å²) in [5.74, 6) is 1.77. The first-order valence-corrected chi connectivity index (χ1v) is 8.01. The summed E-state index contributed by atoms with van der Waals surface area (Å²) in [6.07, 6.45) is 4.85. The first kappa shape index (κ1) is 14.5. The van der Waals surface area contributed by atoms with Gasteiger partial charge in [-0.05, 0) is 43.7 Å². The number of rotatable bonds is 3. The zero-order chi connectivity index (χ0) is 15.8. The van der Waals surface area contributed by atoms with Crippen LogP contribution in [0.3, 0.4) is 0 Å². The van der Waals surface area contributed by atoms with Gasteiger partial charge in [-0.25, -0.2) is 4.39 Å². The van der Waals surface area contributed by atoms with Crippen molar-refractivity contribution in [3.05, 3.63) is 48.5 Å². The second kappa shape index (κ2) is 5.81. The summed E-state index contributed by atoms with van der Waals surface area (Å²) in [4.78, 5) is 9.17. The van der Waals surface area contributed by atoms with E-state index in [-0.39, 0.29) is 5.82 Å². The van der Waals surface area contributed by atoms with Crippen LogP contribution in [-0.2, 0) is 0 Å². The number of ether oxygens (including phenoxy) is 1. The molecule has 2 atom stereocenters. The van der Waals surface area contributed by atoms with E-state index in [0.29, 0.717) is 17.5 Å². The highest BCUT2D eigenvalue weighted by molar-refractivity contribution is 5.51. The lowest BCUT2D eigenvalue weighted by Crippen LogP contribution is -2.40. The molecule has 2 unspecified atom stereocenters. The van der Waals surface area contributed by atoms with Gasteiger partial charge in [-0.15, -0.1) is 0 Å². The van der Waals surface area contributed by atoms with Crippen molar-refractivity contribution in [2.24, 2.45) is 5.92 Å². The smallest absolute Gasteiger partial charge is 0.147 e. The van der Waals surface area contributed by atoms with Crippen LogP contribution in [0.5, 0.6) is 11.5 Å². The zero-order valence-corrected chi connectivity index (χ0v) is 13.2. The van der Waals surface area contributed by atoms with E-state index in [1.165, 1.54) is 25.1 Å². The Morgan fingerprint density at radius 2 is 1.91 bits per heavy atom. The fourth-order valence-corrected chi connectivity index (χ4v) is 3.77. The Labute approximate surface area is 135 Å². The highest BCUT2D eigenvalue weighted by Gasteiger charge is 2.37. The second-order valence-corrected chi connectivity index (χ2v) is 6.56. The Balaban J connectivity index is 1.53. The van der Waals surface area contributed by atoms with E-state index in [1.54, 1.807) is 18.3 Å². The normalized spacial score (nSPS) is 24.0. The molecule has 5 heteroatoms. The van der Waals surface area contributed by atoms with Crippen molar-refractivity contribution in [2.75, 3.05) is 31.6 Å². The lowest BCUT2D eigenvalue weighted by atomic mass is 10.0. The Morgan fingerprint density at radius 3 is 2.74 bits per heavy atom. The van der Waals surface area contributed by atoms with E-state index in [4.69, 9.17) is 4.74 Å². The maximum atomic E-state index is 13.0. The standard InChI is InChI=1S/C18H20FN3O/c1-21-10-13-6-16(12-21)22(11-13)15-7-18(9-20-8-15)23-17-4-2-14(19)3-5-17/h2-5,7-9,13,16H,6,10-12H2,1H3. The van der Waals surface area contributed by atoms with Crippen LogP contribution < -0.4 is 9.64 Å². The summed E-state index contributed by atoms with van der Waals surface area (Å²) < 4.78 is 18.8. The van der Waals surface area contributed by atoms with Crippen molar-refractivity contribution in [1.82, 2.24) is 9.88 Å². The Hall–Kier alpha value is -2.14. The average Bonchev–Trinajstić information content (AvgIpc) is 2.85. The van der Waals surface area contributed by atoms with Gasteiger partial charge in [-0.2, -0.15) is 0 Å². The molecule has 4 rings (SSSR count). The predicted molar refractivity (Wildman–Crippen MR) is 87.4 cm³/mol. The fourth-order valence-electron chi connectivity index (χ4n) is 3.77. The molecule has 4 nitrogen and oxygen atoms in total. The number of fused-ring (bicyclic) bond motifs is 2. The minimum absolute atomic E-state index is 0.266. The summed E-state index contributed by atoms with van der Waals surface area (Å²) in [6.45, 7) is 3.35. The maximum Gasteiger partial charge on any atom is 0.147 e. The molecule has 0 N–H and O–H groups in total. The first-order chi connectivity index (χ1) is 11.2. The van der Waals surface area contributed by atoms with Gasteiger partial charge in [0.1, 0.15) is 17.3 Å². The van der Waals surface area contributed by atoms with Gasteiger partial charge in [0.25, 0.3) is 0 Å². The average molecular weight is 313 g/mol. The summed E-state index contributed by atoms with van der Waals surface area (Å²) in [7, 11) is 2.19. The summed E-state index contributed by atoms with van der Waals surface area (Å²) in [5, 5.41) is 0. The molecule has 1 aromatic heterocycles. The minimum atomic E-state index is -0.266. The Bertz CT molecular complexity index is 691. The number of halogens is 1. The van der Waals surface area contributed by atoms with E-state index < -0.39 is 0 Å². The third-order valence-electron chi connectivity index (χ3n) is 4.67. The number of hydrogen-bond acceptors (Lipinski definition) is 4. The number of benzene rings is 1. The largest absolute Gasteiger partial charge is 0.456 e. The zero-order valence-electron chi connectivity index (χ0n) is 13.2. The lowest BCUT2D eigenvalue weighted by molar-refractivity contribution is 0.235. The highest BCUT2D eigenvalue weighted by Crippen LogP contribution is 2.34. The molecule has 1 aromatic carbocycles. The van der Waals surface area contributed by atoms with Crippen molar-refractivity contribution in [3.63, 3.8) is 0 Å². The van der Waals surface area contributed by atoms with E-state index >= 15 is 0 Å². The minimum Gasteiger partial charge on any atom is -0.456 e. The maximum absolute atomic E-state index is 13.0. The number of pyridine rings is 1. The molecule has 0 aliphatic carbocycles. The molecular formula is C18H20FN3O. The summed E-state index contributed by atoms with van der Waals surface area (Å²) in [6, 6.07) is 8.62. The molecule has 120 valence electrons. The van der Waals surface area contributed by atoms with Crippen LogP contribution in [0.2, 0.25) is 0 Å². The number of hydrogen-bond donors (Lipinski definition) is 0. The van der Waals surface area contributed by atoms with Crippen molar-refractivity contribution in [3.8, 4) is 11.5 Å². The van der Waals surface area contributed by atoms with E-state index in [9.17, 15) is 4.39 Å². The van der Waals surface area contributed by atoms with Crippen LogP contribution >= 0.6 is 0 Å². The number of piperidine rings is 1. The summed E-state index contributed by atoms with van der Waals surface area (Å²) >= 11 is 0. The van der Waals surface area contributed by atoms with Gasteiger partial charge < -0.3 is 14.5 Å². The SMILES string of the molecule is CN1CC2CC(C1)N(c1cncc(Oc3ccc(F)cc3)c1)C2. The molecule has 0 spiro atoms. The number of likely N-dealkylation sites (N-methyl/N-ethyl adjacent to an activating group) is 1. The highest BCUT2D eigenvalue weighted by atomic mass is 19.1. The molecule has 2 saturated heterocycles. The molecule has 0 saturated carbocycles. The Kier molecular flexibility index (Phi) is 3.65. The van der Waals surface area contributed by atoms with Gasteiger partial charge in [0, 0.05) is 31.7 Å². The monoisotopic (exact) mass is 313 g/mol. The molecule has 23 heavy (non-hydrogen) atoms. The van der Waals surface area contributed by atoms with Gasteiger partial charge in [0.05, 0.1) is 18.1 Å². The molecule has 3 heterocycles. The quantitative estimate of drug-likeness (QED) is 0.870. The number of anilines is 1. The molecule has 0 radical (unpaired) electrons. The van der Waals surface area contributed by atoms with Crippen molar-refractivity contribution >= 4 is 5.69 Å². The van der Waals surface area contributed by atoms with Crippen LogP contribution in [0, 0.1) is 11.7 Å². The van der Waals surface area contributed by atoms with Gasteiger partial charge in [-0.1, -0.05) is 0 Å². The number of likely N-dealkylation sites (tertiary alicyclic amines) is 1. The van der Waals surface area contributed by atoms with Crippen molar-refractivity contribution in [2.45, 2.75) is 12.5 Å². The molecule has 2 aromatic rings. The van der Waals surface area contributed by atoms with Crippen molar-refractivity contribution < 1.29 is 9.13 Å². The molecule has 2 aliphatic heterocycles. The molecule has 2 bridgehead atoms. The van der Waals surface area contributed by atoms with Gasteiger partial charge >= 0.3 is 0 Å². The van der Waals surface area contributed by atoms with Crippen molar-refractivity contribution in [1.29, 1.82) is 0 Å². The van der Waals surface area contributed by atoms with Gasteiger partial charge in [0.15, 0.2) is 0 Å². The van der Waals surface area contributed by atoms with E-state index in [1.807, 2.05) is 12.3 Å². The first-order valence-electron chi connectivity index (χ1n) is 8.01. The van der Waals surface area contributed by atoms with E-state index in [2.05, 4.69) is 21.8 Å². The topological polar surface area (TPSA) is 28.6 Å². The number of aromatic nitrogens is 1.